The maximum absolute atomic E-state index is 13.0. The van der Waals surface area contributed by atoms with E-state index in [-0.39, 0.29) is 12.4 Å². The zero-order valence-electron chi connectivity index (χ0n) is 8.62. The second-order valence-electron chi connectivity index (χ2n) is 4.39. The van der Waals surface area contributed by atoms with Gasteiger partial charge in [0.25, 0.3) is 0 Å². The molecule has 1 aromatic rings. The summed E-state index contributed by atoms with van der Waals surface area (Å²) in [5, 5.41) is 10.3. The van der Waals surface area contributed by atoms with Crippen molar-refractivity contribution in [2.24, 2.45) is 11.7 Å². The number of rotatable bonds is 4. The zero-order valence-corrected chi connectivity index (χ0v) is 8.62. The van der Waals surface area contributed by atoms with Crippen molar-refractivity contribution in [3.63, 3.8) is 0 Å². The van der Waals surface area contributed by atoms with Gasteiger partial charge in [0, 0.05) is 13.0 Å². The highest BCUT2D eigenvalue weighted by Crippen LogP contribution is 2.40. The van der Waals surface area contributed by atoms with Gasteiger partial charge in [-0.3, -0.25) is 0 Å². The van der Waals surface area contributed by atoms with E-state index in [1.54, 1.807) is 6.07 Å². The molecule has 0 saturated heterocycles. The lowest BCUT2D eigenvalue weighted by atomic mass is 9.90. The molecule has 3 N–H and O–H groups in total. The summed E-state index contributed by atoms with van der Waals surface area (Å²) in [5.74, 6) is 0.0356. The molecule has 0 aliphatic heterocycles. The SMILES string of the molecule is NCC(O)(Cc1cccc(F)c1)C1CC1. The summed E-state index contributed by atoms with van der Waals surface area (Å²) >= 11 is 0. The van der Waals surface area contributed by atoms with Gasteiger partial charge in [0.15, 0.2) is 0 Å². The largest absolute Gasteiger partial charge is 0.388 e. The van der Waals surface area contributed by atoms with E-state index in [1.165, 1.54) is 12.1 Å². The van der Waals surface area contributed by atoms with Crippen LogP contribution in [0.25, 0.3) is 0 Å². The van der Waals surface area contributed by atoms with Crippen LogP contribution in [0.15, 0.2) is 24.3 Å². The van der Waals surface area contributed by atoms with Crippen LogP contribution in [-0.2, 0) is 6.42 Å². The molecule has 0 aromatic heterocycles. The molecular weight excluding hydrogens is 193 g/mol. The molecule has 1 fully saturated rings. The fourth-order valence-electron chi connectivity index (χ4n) is 2.00. The predicted octanol–water partition coefficient (Wildman–Crippen LogP) is 1.47. The van der Waals surface area contributed by atoms with Crippen LogP contribution >= 0.6 is 0 Å². The van der Waals surface area contributed by atoms with Crippen molar-refractivity contribution in [3.8, 4) is 0 Å². The standard InChI is InChI=1S/C12H16FNO/c13-11-3-1-2-9(6-11)7-12(15,8-14)10-4-5-10/h1-3,6,10,15H,4-5,7-8,14H2. The molecule has 1 aliphatic carbocycles. The molecule has 1 atom stereocenters. The van der Waals surface area contributed by atoms with Crippen molar-refractivity contribution < 1.29 is 9.50 Å². The zero-order chi connectivity index (χ0) is 10.9. The van der Waals surface area contributed by atoms with Gasteiger partial charge in [-0.25, -0.2) is 4.39 Å². The number of nitrogens with two attached hydrogens (primary N) is 1. The molecule has 0 amide bonds. The maximum atomic E-state index is 13.0. The van der Waals surface area contributed by atoms with E-state index in [1.807, 2.05) is 6.07 Å². The van der Waals surface area contributed by atoms with E-state index in [0.29, 0.717) is 12.3 Å². The topological polar surface area (TPSA) is 46.2 Å². The fraction of sp³-hybridized carbons (Fsp3) is 0.500. The molecular formula is C12H16FNO. The minimum Gasteiger partial charge on any atom is -0.388 e. The number of halogens is 1. The summed E-state index contributed by atoms with van der Waals surface area (Å²) < 4.78 is 13.0. The van der Waals surface area contributed by atoms with E-state index in [9.17, 15) is 9.50 Å². The van der Waals surface area contributed by atoms with Crippen LogP contribution < -0.4 is 5.73 Å². The lowest BCUT2D eigenvalue weighted by Gasteiger charge is -2.26. The highest BCUT2D eigenvalue weighted by Gasteiger charge is 2.42. The first-order chi connectivity index (χ1) is 7.14. The van der Waals surface area contributed by atoms with Crippen molar-refractivity contribution in [2.45, 2.75) is 24.9 Å². The van der Waals surface area contributed by atoms with Gasteiger partial charge in [-0.1, -0.05) is 12.1 Å². The molecule has 1 aliphatic rings. The third-order valence-corrected chi connectivity index (χ3v) is 3.09. The molecule has 2 nitrogen and oxygen atoms in total. The van der Waals surface area contributed by atoms with Gasteiger partial charge in [-0.2, -0.15) is 0 Å². The van der Waals surface area contributed by atoms with E-state index in [2.05, 4.69) is 0 Å². The van der Waals surface area contributed by atoms with Gasteiger partial charge in [0.05, 0.1) is 5.60 Å². The number of aliphatic hydroxyl groups is 1. The van der Waals surface area contributed by atoms with Crippen LogP contribution in [0.1, 0.15) is 18.4 Å². The second kappa shape index (κ2) is 3.91. The van der Waals surface area contributed by atoms with Gasteiger partial charge in [-0.05, 0) is 36.5 Å². The average molecular weight is 209 g/mol. The van der Waals surface area contributed by atoms with E-state index in [0.717, 1.165) is 18.4 Å². The first kappa shape index (κ1) is 10.6. The summed E-state index contributed by atoms with van der Waals surface area (Å²) in [6, 6.07) is 6.35. The first-order valence-electron chi connectivity index (χ1n) is 5.31. The number of benzene rings is 1. The lowest BCUT2D eigenvalue weighted by molar-refractivity contribution is 0.0266. The van der Waals surface area contributed by atoms with Crippen LogP contribution in [0.3, 0.4) is 0 Å². The second-order valence-corrected chi connectivity index (χ2v) is 4.39. The molecule has 0 bridgehead atoms. The van der Waals surface area contributed by atoms with Crippen LogP contribution in [0.5, 0.6) is 0 Å². The maximum Gasteiger partial charge on any atom is 0.123 e. The molecule has 1 unspecified atom stereocenters. The van der Waals surface area contributed by atoms with Gasteiger partial charge in [0.2, 0.25) is 0 Å². The minimum absolute atomic E-state index is 0.244. The molecule has 82 valence electrons. The molecule has 3 heteroatoms. The molecule has 1 aromatic carbocycles. The summed E-state index contributed by atoms with van der Waals surface area (Å²) in [4.78, 5) is 0. The highest BCUT2D eigenvalue weighted by molar-refractivity contribution is 5.19. The monoisotopic (exact) mass is 209 g/mol. The summed E-state index contributed by atoms with van der Waals surface area (Å²) in [6.07, 6.45) is 2.51. The van der Waals surface area contributed by atoms with Gasteiger partial charge < -0.3 is 10.8 Å². The van der Waals surface area contributed by atoms with Crippen molar-refractivity contribution in [1.82, 2.24) is 0 Å². The Kier molecular flexibility index (Phi) is 2.76. The smallest absolute Gasteiger partial charge is 0.123 e. The highest BCUT2D eigenvalue weighted by atomic mass is 19.1. The molecule has 15 heavy (non-hydrogen) atoms. The fourth-order valence-corrected chi connectivity index (χ4v) is 2.00. The summed E-state index contributed by atoms with van der Waals surface area (Å²) in [5.41, 5.74) is 5.57. The van der Waals surface area contributed by atoms with Gasteiger partial charge >= 0.3 is 0 Å². The summed E-state index contributed by atoms with van der Waals surface area (Å²) in [7, 11) is 0. The normalized spacial score (nSPS) is 19.9. The first-order valence-corrected chi connectivity index (χ1v) is 5.31. The number of hydrogen-bond donors (Lipinski definition) is 2. The Hall–Kier alpha value is -0.930. The molecule has 0 spiro atoms. The van der Waals surface area contributed by atoms with Crippen molar-refractivity contribution >= 4 is 0 Å². The molecule has 2 rings (SSSR count). The third kappa shape index (κ3) is 2.36. The van der Waals surface area contributed by atoms with Crippen LogP contribution in [0.2, 0.25) is 0 Å². The minimum atomic E-state index is -0.839. The Bertz CT molecular complexity index is 351. The lowest BCUT2D eigenvalue weighted by Crippen LogP contribution is -2.42. The van der Waals surface area contributed by atoms with Crippen LogP contribution in [0, 0.1) is 11.7 Å². The summed E-state index contributed by atoms with van der Waals surface area (Å²) in [6.45, 7) is 0.244. The van der Waals surface area contributed by atoms with Gasteiger partial charge in [-0.15, -0.1) is 0 Å². The molecule has 1 saturated carbocycles. The van der Waals surface area contributed by atoms with Crippen LogP contribution in [0.4, 0.5) is 4.39 Å². The molecule has 0 radical (unpaired) electrons. The third-order valence-electron chi connectivity index (χ3n) is 3.09. The van der Waals surface area contributed by atoms with E-state index < -0.39 is 5.60 Å². The van der Waals surface area contributed by atoms with E-state index in [4.69, 9.17) is 5.73 Å². The van der Waals surface area contributed by atoms with E-state index >= 15 is 0 Å². The quantitative estimate of drug-likeness (QED) is 0.788. The molecule has 0 heterocycles. The van der Waals surface area contributed by atoms with Crippen LogP contribution in [-0.4, -0.2) is 17.3 Å². The Balaban J connectivity index is 2.12. The number of hydrogen-bond acceptors (Lipinski definition) is 2. The van der Waals surface area contributed by atoms with Crippen molar-refractivity contribution in [3.05, 3.63) is 35.6 Å². The average Bonchev–Trinajstić information content (AvgIpc) is 3.01. The predicted molar refractivity (Wildman–Crippen MR) is 56.8 cm³/mol. The Morgan fingerprint density at radius 2 is 2.20 bits per heavy atom. The Morgan fingerprint density at radius 1 is 1.47 bits per heavy atom. The Morgan fingerprint density at radius 3 is 2.73 bits per heavy atom. The van der Waals surface area contributed by atoms with Crippen molar-refractivity contribution in [1.29, 1.82) is 0 Å². The van der Waals surface area contributed by atoms with Crippen molar-refractivity contribution in [2.75, 3.05) is 6.54 Å². The van der Waals surface area contributed by atoms with Gasteiger partial charge in [0.1, 0.15) is 5.82 Å². The Labute approximate surface area is 88.9 Å².